The normalized spacial score (nSPS) is 11.1. The van der Waals surface area contributed by atoms with Gasteiger partial charge in [0.2, 0.25) is 0 Å². The number of rotatable bonds is 6. The molecule has 1 heterocycles. The molecule has 0 bridgehead atoms. The van der Waals surface area contributed by atoms with E-state index in [2.05, 4.69) is 14.7 Å². The summed E-state index contributed by atoms with van der Waals surface area (Å²) in [5, 5.41) is 10.8. The molecule has 3 rings (SSSR count). The van der Waals surface area contributed by atoms with E-state index in [1.807, 2.05) is 0 Å². The monoisotopic (exact) mass is 434 g/mol. The molecule has 0 atom stereocenters. The van der Waals surface area contributed by atoms with E-state index in [4.69, 9.17) is 16.3 Å². The molecule has 11 heteroatoms. The number of nitro benzene ring substituents is 1. The van der Waals surface area contributed by atoms with Crippen molar-refractivity contribution in [2.75, 3.05) is 4.72 Å². The van der Waals surface area contributed by atoms with Gasteiger partial charge in [0, 0.05) is 23.5 Å². The summed E-state index contributed by atoms with van der Waals surface area (Å²) in [6.45, 7) is 3.61. The second kappa shape index (κ2) is 8.02. The Morgan fingerprint density at radius 3 is 2.41 bits per heavy atom. The van der Waals surface area contributed by atoms with Gasteiger partial charge in [0.15, 0.2) is 0 Å². The van der Waals surface area contributed by atoms with Crippen molar-refractivity contribution in [1.82, 2.24) is 9.97 Å². The number of halogens is 1. The fourth-order valence-corrected chi connectivity index (χ4v) is 3.74. The molecular formula is C18H15ClN4O5S. The van der Waals surface area contributed by atoms with Gasteiger partial charge in [-0.25, -0.2) is 18.4 Å². The third-order valence-corrected chi connectivity index (χ3v) is 5.38. The minimum absolute atomic E-state index is 0.135. The zero-order chi connectivity index (χ0) is 21.2. The van der Waals surface area contributed by atoms with Crippen LogP contribution < -0.4 is 9.46 Å². The lowest BCUT2D eigenvalue weighted by Crippen LogP contribution is -2.13. The van der Waals surface area contributed by atoms with Gasteiger partial charge in [0.25, 0.3) is 15.7 Å². The molecule has 0 aliphatic rings. The number of nitro groups is 1. The molecule has 1 aromatic heterocycles. The summed E-state index contributed by atoms with van der Waals surface area (Å²) in [6, 6.07) is 11.3. The summed E-state index contributed by atoms with van der Waals surface area (Å²) < 4.78 is 33.2. The average Bonchev–Trinajstić information content (AvgIpc) is 2.60. The van der Waals surface area contributed by atoms with Crippen molar-refractivity contribution in [3.05, 3.63) is 75.1 Å². The first-order valence-corrected chi connectivity index (χ1v) is 10.1. The highest BCUT2D eigenvalue weighted by molar-refractivity contribution is 7.92. The summed E-state index contributed by atoms with van der Waals surface area (Å²) in [5.74, 6) is 0.317. The van der Waals surface area contributed by atoms with Gasteiger partial charge in [-0.15, -0.1) is 0 Å². The molecule has 0 unspecified atom stereocenters. The van der Waals surface area contributed by atoms with E-state index in [-0.39, 0.29) is 21.6 Å². The van der Waals surface area contributed by atoms with Crippen LogP contribution in [0.3, 0.4) is 0 Å². The Hall–Kier alpha value is -3.24. The van der Waals surface area contributed by atoms with Crippen molar-refractivity contribution in [2.45, 2.75) is 18.7 Å². The van der Waals surface area contributed by atoms with Crippen LogP contribution in [-0.4, -0.2) is 23.3 Å². The van der Waals surface area contributed by atoms with E-state index in [1.165, 1.54) is 18.2 Å². The number of ether oxygens (including phenoxy) is 1. The molecule has 0 saturated carbocycles. The van der Waals surface area contributed by atoms with Gasteiger partial charge < -0.3 is 4.74 Å². The van der Waals surface area contributed by atoms with Crippen molar-refractivity contribution in [3.63, 3.8) is 0 Å². The number of benzene rings is 2. The minimum atomic E-state index is -4.09. The first-order valence-electron chi connectivity index (χ1n) is 8.21. The molecule has 1 N–H and O–H groups in total. The zero-order valence-corrected chi connectivity index (χ0v) is 16.9. The Kier molecular flexibility index (Phi) is 5.66. The second-order valence-electron chi connectivity index (χ2n) is 6.04. The van der Waals surface area contributed by atoms with E-state index in [1.54, 1.807) is 32.0 Å². The SMILES string of the molecule is Cc1cc(C)nc(Oc2cccc(NS(=O)(=O)c3ccc(Cl)c([N+](=O)[O-])c3)c2)n1. The summed E-state index contributed by atoms with van der Waals surface area (Å²) in [6.07, 6.45) is 0. The van der Waals surface area contributed by atoms with Crippen LogP contribution in [0.15, 0.2) is 53.4 Å². The number of sulfonamides is 1. The first kappa shape index (κ1) is 20.5. The standard InChI is InChI=1S/C18H15ClN4O5S/c1-11-8-12(2)21-18(20-11)28-14-5-3-4-13(9-14)22-29(26,27)15-6-7-16(19)17(10-15)23(24)25/h3-10,22H,1-2H3. The minimum Gasteiger partial charge on any atom is -0.424 e. The first-order chi connectivity index (χ1) is 13.6. The van der Waals surface area contributed by atoms with Crippen LogP contribution in [-0.2, 0) is 10.0 Å². The van der Waals surface area contributed by atoms with Gasteiger partial charge in [-0.3, -0.25) is 14.8 Å². The van der Waals surface area contributed by atoms with Gasteiger partial charge in [-0.05, 0) is 44.2 Å². The van der Waals surface area contributed by atoms with Crippen LogP contribution in [0, 0.1) is 24.0 Å². The van der Waals surface area contributed by atoms with Crippen molar-refractivity contribution >= 4 is 33.0 Å². The molecule has 150 valence electrons. The molecule has 0 spiro atoms. The molecule has 0 fully saturated rings. The fraction of sp³-hybridized carbons (Fsp3) is 0.111. The fourth-order valence-electron chi connectivity index (χ4n) is 2.48. The van der Waals surface area contributed by atoms with E-state index in [0.29, 0.717) is 5.75 Å². The van der Waals surface area contributed by atoms with Gasteiger partial charge >= 0.3 is 6.01 Å². The predicted octanol–water partition coefficient (Wildman–Crippen LogP) is 4.25. The number of anilines is 1. The van der Waals surface area contributed by atoms with E-state index < -0.39 is 20.6 Å². The maximum absolute atomic E-state index is 12.6. The third kappa shape index (κ3) is 4.98. The Balaban J connectivity index is 1.86. The predicted molar refractivity (Wildman–Crippen MR) is 107 cm³/mol. The van der Waals surface area contributed by atoms with Crippen molar-refractivity contribution in [3.8, 4) is 11.8 Å². The molecule has 2 aromatic carbocycles. The lowest BCUT2D eigenvalue weighted by atomic mass is 10.3. The summed E-state index contributed by atoms with van der Waals surface area (Å²) >= 11 is 5.74. The molecule has 3 aromatic rings. The number of nitrogens with zero attached hydrogens (tertiary/aromatic N) is 3. The van der Waals surface area contributed by atoms with Crippen molar-refractivity contribution in [1.29, 1.82) is 0 Å². The van der Waals surface area contributed by atoms with Gasteiger partial charge in [-0.1, -0.05) is 17.7 Å². The highest BCUT2D eigenvalue weighted by Gasteiger charge is 2.21. The molecule has 9 nitrogen and oxygen atoms in total. The Labute approximate surface area is 171 Å². The maximum atomic E-state index is 12.6. The summed E-state index contributed by atoms with van der Waals surface area (Å²) in [4.78, 5) is 18.3. The van der Waals surface area contributed by atoms with Crippen LogP contribution in [0.25, 0.3) is 0 Å². The quantitative estimate of drug-likeness (QED) is 0.454. The van der Waals surface area contributed by atoms with Gasteiger partial charge in [0.05, 0.1) is 15.5 Å². The summed E-state index contributed by atoms with van der Waals surface area (Å²) in [7, 11) is -4.09. The molecule has 0 aliphatic heterocycles. The largest absolute Gasteiger partial charge is 0.424 e. The number of nitrogens with one attached hydrogen (secondary N) is 1. The lowest BCUT2D eigenvalue weighted by molar-refractivity contribution is -0.384. The van der Waals surface area contributed by atoms with Gasteiger partial charge in [0.1, 0.15) is 10.8 Å². The Morgan fingerprint density at radius 2 is 1.76 bits per heavy atom. The van der Waals surface area contributed by atoms with E-state index in [0.717, 1.165) is 23.5 Å². The molecule has 0 amide bonds. The lowest BCUT2D eigenvalue weighted by Gasteiger charge is -2.10. The van der Waals surface area contributed by atoms with Crippen LogP contribution in [0.4, 0.5) is 11.4 Å². The van der Waals surface area contributed by atoms with E-state index >= 15 is 0 Å². The topological polar surface area (TPSA) is 124 Å². The van der Waals surface area contributed by atoms with Crippen LogP contribution in [0.5, 0.6) is 11.8 Å². The molecular weight excluding hydrogens is 420 g/mol. The molecule has 0 saturated heterocycles. The Bertz CT molecular complexity index is 1180. The van der Waals surface area contributed by atoms with Crippen molar-refractivity contribution in [2.24, 2.45) is 0 Å². The smallest absolute Gasteiger partial charge is 0.322 e. The Morgan fingerprint density at radius 1 is 1.07 bits per heavy atom. The second-order valence-corrected chi connectivity index (χ2v) is 8.13. The zero-order valence-electron chi connectivity index (χ0n) is 15.3. The third-order valence-electron chi connectivity index (χ3n) is 3.68. The van der Waals surface area contributed by atoms with Crippen LogP contribution in [0.2, 0.25) is 5.02 Å². The van der Waals surface area contributed by atoms with Crippen LogP contribution >= 0.6 is 11.6 Å². The van der Waals surface area contributed by atoms with E-state index in [9.17, 15) is 18.5 Å². The van der Waals surface area contributed by atoms with Gasteiger partial charge in [-0.2, -0.15) is 0 Å². The molecule has 29 heavy (non-hydrogen) atoms. The average molecular weight is 435 g/mol. The number of hydrogen-bond acceptors (Lipinski definition) is 7. The highest BCUT2D eigenvalue weighted by Crippen LogP contribution is 2.29. The number of aryl methyl sites for hydroxylation is 2. The summed E-state index contributed by atoms with van der Waals surface area (Å²) in [5.41, 5.74) is 1.16. The molecule has 0 radical (unpaired) electrons. The number of aromatic nitrogens is 2. The number of hydrogen-bond donors (Lipinski definition) is 1. The molecule has 0 aliphatic carbocycles. The van der Waals surface area contributed by atoms with Crippen LogP contribution in [0.1, 0.15) is 11.4 Å². The maximum Gasteiger partial charge on any atom is 0.322 e. The van der Waals surface area contributed by atoms with Crippen molar-refractivity contribution < 1.29 is 18.1 Å². The highest BCUT2D eigenvalue weighted by atomic mass is 35.5.